The number of carbonyl (C=O) groups is 1. The van der Waals surface area contributed by atoms with Crippen LogP contribution in [0.25, 0.3) is 0 Å². The van der Waals surface area contributed by atoms with Gasteiger partial charge in [-0.2, -0.15) is 4.31 Å². The van der Waals surface area contributed by atoms with Gasteiger partial charge in [-0.3, -0.25) is 9.69 Å². The number of nitrogens with zero attached hydrogens (tertiary/aromatic N) is 3. The first kappa shape index (κ1) is 18.4. The average Bonchev–Trinajstić information content (AvgIpc) is 3.10. The molecule has 0 radical (unpaired) electrons. The number of hydrogen-bond acceptors (Lipinski definition) is 4. The SMILES string of the molecule is CCCN1CCCC1C(=O)N1CCN(S(=O)(=O)c2ccccc2)CC1. The molecule has 0 aliphatic carbocycles. The van der Waals surface area contributed by atoms with E-state index in [2.05, 4.69) is 11.8 Å². The highest BCUT2D eigenvalue weighted by molar-refractivity contribution is 7.89. The molecule has 1 amide bonds. The second kappa shape index (κ2) is 7.85. The third kappa shape index (κ3) is 3.88. The molecule has 2 heterocycles. The van der Waals surface area contributed by atoms with Crippen molar-refractivity contribution in [2.45, 2.75) is 37.1 Å². The number of rotatable bonds is 5. The lowest BCUT2D eigenvalue weighted by Crippen LogP contribution is -2.54. The zero-order chi connectivity index (χ0) is 17.9. The molecule has 1 aromatic rings. The molecule has 0 N–H and O–H groups in total. The van der Waals surface area contributed by atoms with Gasteiger partial charge in [0.2, 0.25) is 15.9 Å². The van der Waals surface area contributed by atoms with Crippen molar-refractivity contribution in [1.82, 2.24) is 14.1 Å². The van der Waals surface area contributed by atoms with E-state index in [9.17, 15) is 13.2 Å². The number of amides is 1. The van der Waals surface area contributed by atoms with Gasteiger partial charge in [-0.15, -0.1) is 0 Å². The summed E-state index contributed by atoms with van der Waals surface area (Å²) >= 11 is 0. The van der Waals surface area contributed by atoms with Crippen LogP contribution in [0.15, 0.2) is 35.2 Å². The number of hydrogen-bond donors (Lipinski definition) is 0. The lowest BCUT2D eigenvalue weighted by molar-refractivity contribution is -0.137. The van der Waals surface area contributed by atoms with Crippen molar-refractivity contribution in [2.75, 3.05) is 39.3 Å². The Kier molecular flexibility index (Phi) is 5.76. The summed E-state index contributed by atoms with van der Waals surface area (Å²) in [5.41, 5.74) is 0. The van der Waals surface area contributed by atoms with Gasteiger partial charge < -0.3 is 4.90 Å². The molecule has 1 atom stereocenters. The van der Waals surface area contributed by atoms with Crippen LogP contribution in [0.5, 0.6) is 0 Å². The Bertz CT molecular complexity index is 685. The Morgan fingerprint density at radius 1 is 1.08 bits per heavy atom. The normalized spacial score (nSPS) is 23.1. The van der Waals surface area contributed by atoms with E-state index in [-0.39, 0.29) is 11.9 Å². The van der Waals surface area contributed by atoms with Gasteiger partial charge in [0.15, 0.2) is 0 Å². The number of sulfonamides is 1. The van der Waals surface area contributed by atoms with E-state index >= 15 is 0 Å². The molecular weight excluding hydrogens is 338 g/mol. The highest BCUT2D eigenvalue weighted by Crippen LogP contribution is 2.22. The van der Waals surface area contributed by atoms with Crippen LogP contribution < -0.4 is 0 Å². The highest BCUT2D eigenvalue weighted by atomic mass is 32.2. The number of piperazine rings is 1. The summed E-state index contributed by atoms with van der Waals surface area (Å²) < 4.78 is 26.8. The number of benzene rings is 1. The van der Waals surface area contributed by atoms with Crippen molar-refractivity contribution in [3.05, 3.63) is 30.3 Å². The Labute approximate surface area is 150 Å². The van der Waals surface area contributed by atoms with Gasteiger partial charge in [0.1, 0.15) is 0 Å². The second-order valence-electron chi connectivity index (χ2n) is 6.74. The topological polar surface area (TPSA) is 60.9 Å². The molecule has 3 rings (SSSR count). The summed E-state index contributed by atoms with van der Waals surface area (Å²) in [6.07, 6.45) is 3.03. The Morgan fingerprint density at radius 2 is 1.76 bits per heavy atom. The van der Waals surface area contributed by atoms with Crippen LogP contribution in [-0.4, -0.2) is 73.7 Å². The zero-order valence-corrected chi connectivity index (χ0v) is 15.6. The maximum absolute atomic E-state index is 12.8. The van der Waals surface area contributed by atoms with Gasteiger partial charge in [0, 0.05) is 26.2 Å². The summed E-state index contributed by atoms with van der Waals surface area (Å²) in [6, 6.07) is 8.49. The van der Waals surface area contributed by atoms with Gasteiger partial charge in [-0.05, 0) is 44.5 Å². The molecular formula is C18H27N3O3S. The van der Waals surface area contributed by atoms with Crippen LogP contribution in [0.1, 0.15) is 26.2 Å². The van der Waals surface area contributed by atoms with E-state index in [1.807, 2.05) is 4.90 Å². The zero-order valence-electron chi connectivity index (χ0n) is 14.8. The molecule has 1 unspecified atom stereocenters. The van der Waals surface area contributed by atoms with Crippen molar-refractivity contribution in [3.63, 3.8) is 0 Å². The maximum Gasteiger partial charge on any atom is 0.243 e. The van der Waals surface area contributed by atoms with Crippen LogP contribution >= 0.6 is 0 Å². The monoisotopic (exact) mass is 365 g/mol. The lowest BCUT2D eigenvalue weighted by Gasteiger charge is -2.36. The molecule has 0 saturated carbocycles. The third-order valence-electron chi connectivity index (χ3n) is 5.09. The van der Waals surface area contributed by atoms with Crippen molar-refractivity contribution in [3.8, 4) is 0 Å². The van der Waals surface area contributed by atoms with Crippen molar-refractivity contribution >= 4 is 15.9 Å². The number of likely N-dealkylation sites (tertiary alicyclic amines) is 1. The van der Waals surface area contributed by atoms with E-state index in [0.717, 1.165) is 32.4 Å². The van der Waals surface area contributed by atoms with Gasteiger partial charge in [-0.1, -0.05) is 25.1 Å². The van der Waals surface area contributed by atoms with Gasteiger partial charge >= 0.3 is 0 Å². The van der Waals surface area contributed by atoms with E-state index < -0.39 is 10.0 Å². The first-order valence-electron chi connectivity index (χ1n) is 9.12. The summed E-state index contributed by atoms with van der Waals surface area (Å²) in [5.74, 6) is 0.169. The van der Waals surface area contributed by atoms with Crippen molar-refractivity contribution in [2.24, 2.45) is 0 Å². The minimum absolute atomic E-state index is 0.0165. The lowest BCUT2D eigenvalue weighted by atomic mass is 10.1. The smallest absolute Gasteiger partial charge is 0.243 e. The molecule has 25 heavy (non-hydrogen) atoms. The Morgan fingerprint density at radius 3 is 2.40 bits per heavy atom. The molecule has 138 valence electrons. The number of carbonyl (C=O) groups excluding carboxylic acids is 1. The van der Waals surface area contributed by atoms with Crippen LogP contribution in [0, 0.1) is 0 Å². The first-order chi connectivity index (χ1) is 12.0. The largest absolute Gasteiger partial charge is 0.339 e. The van der Waals surface area contributed by atoms with Crippen LogP contribution in [0.4, 0.5) is 0 Å². The molecule has 6 nitrogen and oxygen atoms in total. The van der Waals surface area contributed by atoms with Gasteiger partial charge in [0.25, 0.3) is 0 Å². The molecule has 2 saturated heterocycles. The Balaban J connectivity index is 1.61. The minimum atomic E-state index is -3.46. The summed E-state index contributed by atoms with van der Waals surface area (Å²) in [7, 11) is -3.46. The molecule has 0 spiro atoms. The predicted molar refractivity (Wildman–Crippen MR) is 96.7 cm³/mol. The second-order valence-corrected chi connectivity index (χ2v) is 8.67. The van der Waals surface area contributed by atoms with Crippen molar-refractivity contribution < 1.29 is 13.2 Å². The summed E-state index contributed by atoms with van der Waals surface area (Å²) in [4.78, 5) is 17.3. The van der Waals surface area contributed by atoms with Crippen LogP contribution in [0.2, 0.25) is 0 Å². The molecule has 0 bridgehead atoms. The van der Waals surface area contributed by atoms with E-state index in [4.69, 9.17) is 0 Å². The molecule has 0 aromatic heterocycles. The Hall–Kier alpha value is -1.44. The summed E-state index contributed by atoms with van der Waals surface area (Å²) in [5, 5.41) is 0. The quantitative estimate of drug-likeness (QED) is 0.791. The fourth-order valence-electron chi connectivity index (χ4n) is 3.76. The van der Waals surface area contributed by atoms with Gasteiger partial charge in [0.05, 0.1) is 10.9 Å². The van der Waals surface area contributed by atoms with E-state index in [1.165, 1.54) is 4.31 Å². The minimum Gasteiger partial charge on any atom is -0.339 e. The molecule has 7 heteroatoms. The standard InChI is InChI=1S/C18H27N3O3S/c1-2-10-19-11-6-9-17(19)18(22)20-12-14-21(15-13-20)25(23,24)16-7-4-3-5-8-16/h3-5,7-8,17H,2,6,9-15H2,1H3. The maximum atomic E-state index is 12.8. The third-order valence-corrected chi connectivity index (χ3v) is 7.00. The van der Waals surface area contributed by atoms with Gasteiger partial charge in [-0.25, -0.2) is 8.42 Å². The predicted octanol–water partition coefficient (Wildman–Crippen LogP) is 1.39. The highest BCUT2D eigenvalue weighted by Gasteiger charge is 2.36. The van der Waals surface area contributed by atoms with Crippen LogP contribution in [0.3, 0.4) is 0 Å². The van der Waals surface area contributed by atoms with E-state index in [1.54, 1.807) is 30.3 Å². The molecule has 2 aliphatic heterocycles. The van der Waals surface area contributed by atoms with E-state index in [0.29, 0.717) is 31.1 Å². The fraction of sp³-hybridized carbons (Fsp3) is 0.611. The first-order valence-corrected chi connectivity index (χ1v) is 10.6. The molecule has 1 aromatic carbocycles. The average molecular weight is 365 g/mol. The van der Waals surface area contributed by atoms with Crippen LogP contribution in [-0.2, 0) is 14.8 Å². The molecule has 2 fully saturated rings. The fourth-order valence-corrected chi connectivity index (χ4v) is 5.21. The molecule has 2 aliphatic rings. The summed E-state index contributed by atoms with van der Waals surface area (Å²) in [6.45, 7) is 5.76. The van der Waals surface area contributed by atoms with Crippen molar-refractivity contribution in [1.29, 1.82) is 0 Å².